The van der Waals surface area contributed by atoms with E-state index in [-0.39, 0.29) is 12.1 Å². The number of piperidine rings is 1. The first-order chi connectivity index (χ1) is 15.2. The highest BCUT2D eigenvalue weighted by atomic mass is 16.5. The zero-order valence-electron chi connectivity index (χ0n) is 17.5. The summed E-state index contributed by atoms with van der Waals surface area (Å²) in [6, 6.07) is 13.1. The van der Waals surface area contributed by atoms with Gasteiger partial charge in [0.25, 0.3) is 0 Å². The first-order valence-corrected chi connectivity index (χ1v) is 10.4. The molecule has 0 atom stereocenters. The molecule has 0 saturated carbocycles. The number of carbonyl (C=O) groups excluding carboxylic acids is 1. The molecular formula is C23H27N5O3. The molecule has 1 fully saturated rings. The maximum atomic E-state index is 12.6. The molecule has 2 heterocycles. The van der Waals surface area contributed by atoms with Crippen LogP contribution in [0.2, 0.25) is 0 Å². The summed E-state index contributed by atoms with van der Waals surface area (Å²) in [7, 11) is 1.62. The van der Waals surface area contributed by atoms with Gasteiger partial charge in [-0.15, -0.1) is 0 Å². The number of hydrogen-bond donors (Lipinski definition) is 4. The minimum atomic E-state index is -0.297. The van der Waals surface area contributed by atoms with E-state index in [9.17, 15) is 4.79 Å². The second-order valence-corrected chi connectivity index (χ2v) is 7.42. The molecule has 1 saturated heterocycles. The Morgan fingerprint density at radius 2 is 2.03 bits per heavy atom. The highest BCUT2D eigenvalue weighted by Gasteiger charge is 2.18. The van der Waals surface area contributed by atoms with Gasteiger partial charge in [0.05, 0.1) is 19.0 Å². The highest BCUT2D eigenvalue weighted by Crippen LogP contribution is 2.32. The quantitative estimate of drug-likeness (QED) is 0.468. The average molecular weight is 422 g/mol. The van der Waals surface area contributed by atoms with Gasteiger partial charge in [-0.25, -0.2) is 4.79 Å². The summed E-state index contributed by atoms with van der Waals surface area (Å²) in [5, 5.41) is 16.0. The first-order valence-electron chi connectivity index (χ1n) is 10.4. The lowest BCUT2D eigenvalue weighted by molar-refractivity contribution is 0.163. The zero-order valence-corrected chi connectivity index (χ0v) is 17.5. The predicted molar refractivity (Wildman–Crippen MR) is 119 cm³/mol. The molecule has 1 aliphatic heterocycles. The summed E-state index contributed by atoms with van der Waals surface area (Å²) >= 11 is 0. The number of amides is 2. The van der Waals surface area contributed by atoms with E-state index in [1.165, 1.54) is 0 Å². The highest BCUT2D eigenvalue weighted by molar-refractivity contribution is 5.91. The number of anilines is 1. The van der Waals surface area contributed by atoms with Crippen LogP contribution < -0.4 is 25.4 Å². The minimum absolute atomic E-state index is 0.112. The first kappa shape index (κ1) is 20.7. The van der Waals surface area contributed by atoms with Gasteiger partial charge in [-0.2, -0.15) is 5.10 Å². The maximum absolute atomic E-state index is 12.6. The van der Waals surface area contributed by atoms with Gasteiger partial charge in [-0.1, -0.05) is 18.2 Å². The number of aromatic amines is 1. The third-order valence-electron chi connectivity index (χ3n) is 5.23. The van der Waals surface area contributed by atoms with Crippen molar-refractivity contribution in [1.29, 1.82) is 0 Å². The van der Waals surface area contributed by atoms with Gasteiger partial charge in [-0.05, 0) is 61.3 Å². The van der Waals surface area contributed by atoms with Crippen LogP contribution in [0.4, 0.5) is 10.5 Å². The van der Waals surface area contributed by atoms with Crippen LogP contribution in [0.3, 0.4) is 0 Å². The fraction of sp³-hybridized carbons (Fsp3) is 0.304. The number of rotatable bonds is 7. The monoisotopic (exact) mass is 421 g/mol. The Hall–Kier alpha value is -3.52. The number of aromatic nitrogens is 2. The second kappa shape index (κ2) is 9.99. The summed E-state index contributed by atoms with van der Waals surface area (Å²) < 4.78 is 11.5. The van der Waals surface area contributed by atoms with E-state index >= 15 is 0 Å². The lowest BCUT2D eigenvalue weighted by Crippen LogP contribution is -2.34. The van der Waals surface area contributed by atoms with Crippen molar-refractivity contribution < 1.29 is 14.3 Å². The lowest BCUT2D eigenvalue weighted by Gasteiger charge is -2.25. The van der Waals surface area contributed by atoms with Crippen molar-refractivity contribution in [3.8, 4) is 22.6 Å². The number of benzene rings is 2. The van der Waals surface area contributed by atoms with Gasteiger partial charge in [0, 0.05) is 18.3 Å². The summed E-state index contributed by atoms with van der Waals surface area (Å²) in [6.45, 7) is 2.24. The fourth-order valence-corrected chi connectivity index (χ4v) is 3.54. The van der Waals surface area contributed by atoms with Crippen LogP contribution in [0, 0.1) is 0 Å². The van der Waals surface area contributed by atoms with Crippen molar-refractivity contribution in [2.45, 2.75) is 25.5 Å². The Morgan fingerprint density at radius 1 is 1.16 bits per heavy atom. The predicted octanol–water partition coefficient (Wildman–Crippen LogP) is 3.54. The number of H-pyrrole nitrogens is 1. The summed E-state index contributed by atoms with van der Waals surface area (Å²) in [5.41, 5.74) is 3.52. The minimum Gasteiger partial charge on any atom is -0.497 e. The number of carbonyl (C=O) groups is 1. The maximum Gasteiger partial charge on any atom is 0.319 e. The molecular weight excluding hydrogens is 394 g/mol. The molecule has 0 radical (unpaired) electrons. The molecule has 0 unspecified atom stereocenters. The Morgan fingerprint density at radius 3 is 2.81 bits per heavy atom. The SMILES string of the molecule is COc1cccc(CNC(=O)Nc2ccc(-c3cn[nH]c3)cc2OC2CCNCC2)c1. The third-order valence-corrected chi connectivity index (χ3v) is 5.23. The van der Waals surface area contributed by atoms with Crippen LogP contribution in [-0.4, -0.2) is 42.5 Å². The molecule has 1 aromatic heterocycles. The van der Waals surface area contributed by atoms with Crippen LogP contribution in [0.1, 0.15) is 18.4 Å². The summed E-state index contributed by atoms with van der Waals surface area (Å²) in [4.78, 5) is 12.6. The van der Waals surface area contributed by atoms with Crippen LogP contribution >= 0.6 is 0 Å². The molecule has 2 amide bonds. The van der Waals surface area contributed by atoms with Crippen LogP contribution in [0.15, 0.2) is 54.9 Å². The van der Waals surface area contributed by atoms with Crippen LogP contribution in [0.25, 0.3) is 11.1 Å². The fourth-order valence-electron chi connectivity index (χ4n) is 3.54. The molecule has 2 aromatic carbocycles. The number of urea groups is 1. The average Bonchev–Trinajstić information content (AvgIpc) is 3.35. The number of ether oxygens (including phenoxy) is 2. The Kier molecular flexibility index (Phi) is 6.68. The van der Waals surface area contributed by atoms with Crippen molar-refractivity contribution in [2.24, 2.45) is 0 Å². The van der Waals surface area contributed by atoms with Gasteiger partial charge < -0.3 is 25.4 Å². The van der Waals surface area contributed by atoms with E-state index in [1.807, 2.05) is 48.7 Å². The molecule has 31 heavy (non-hydrogen) atoms. The molecule has 3 aromatic rings. The smallest absolute Gasteiger partial charge is 0.319 e. The van der Waals surface area contributed by atoms with E-state index in [4.69, 9.17) is 9.47 Å². The Bertz CT molecular complexity index is 1000. The van der Waals surface area contributed by atoms with E-state index in [0.717, 1.165) is 48.4 Å². The third kappa shape index (κ3) is 5.55. The van der Waals surface area contributed by atoms with Crippen molar-refractivity contribution in [1.82, 2.24) is 20.8 Å². The van der Waals surface area contributed by atoms with E-state index < -0.39 is 0 Å². The number of nitrogens with one attached hydrogen (secondary N) is 4. The lowest BCUT2D eigenvalue weighted by atomic mass is 10.1. The van der Waals surface area contributed by atoms with Crippen molar-refractivity contribution in [3.63, 3.8) is 0 Å². The molecule has 4 N–H and O–H groups in total. The Labute approximate surface area is 181 Å². The van der Waals surface area contributed by atoms with Crippen LogP contribution in [0.5, 0.6) is 11.5 Å². The van der Waals surface area contributed by atoms with Crippen molar-refractivity contribution in [3.05, 3.63) is 60.4 Å². The number of nitrogens with zero attached hydrogens (tertiary/aromatic N) is 1. The molecule has 0 aliphatic carbocycles. The van der Waals surface area contributed by atoms with Crippen molar-refractivity contribution in [2.75, 3.05) is 25.5 Å². The second-order valence-electron chi connectivity index (χ2n) is 7.42. The number of hydrogen-bond acceptors (Lipinski definition) is 5. The van der Waals surface area contributed by atoms with Crippen molar-refractivity contribution >= 4 is 11.7 Å². The van der Waals surface area contributed by atoms with E-state index in [1.54, 1.807) is 13.3 Å². The molecule has 4 rings (SSSR count). The van der Waals surface area contributed by atoms with Crippen LogP contribution in [-0.2, 0) is 6.54 Å². The van der Waals surface area contributed by atoms with E-state index in [0.29, 0.717) is 18.0 Å². The molecule has 0 bridgehead atoms. The largest absolute Gasteiger partial charge is 0.497 e. The molecule has 162 valence electrons. The normalized spacial score (nSPS) is 14.1. The van der Waals surface area contributed by atoms with Gasteiger partial charge in [0.1, 0.15) is 17.6 Å². The van der Waals surface area contributed by atoms with Gasteiger partial charge in [0.2, 0.25) is 0 Å². The molecule has 0 spiro atoms. The molecule has 8 nitrogen and oxygen atoms in total. The standard InChI is InChI=1S/C23H27N5O3/c1-30-20-4-2-3-16(11-20)13-25-23(29)28-21-6-5-17(18-14-26-27-15-18)12-22(21)31-19-7-9-24-10-8-19/h2-6,11-12,14-15,19,24H,7-10,13H2,1H3,(H,26,27)(H2,25,28,29). The van der Waals surface area contributed by atoms with E-state index in [2.05, 4.69) is 26.1 Å². The number of methoxy groups -OCH3 is 1. The Balaban J connectivity index is 1.46. The summed E-state index contributed by atoms with van der Waals surface area (Å²) in [6.07, 6.45) is 5.56. The molecule has 1 aliphatic rings. The molecule has 8 heteroatoms. The summed E-state index contributed by atoms with van der Waals surface area (Å²) in [5.74, 6) is 1.41. The topological polar surface area (TPSA) is 100 Å². The van der Waals surface area contributed by atoms with Gasteiger partial charge in [0.15, 0.2) is 0 Å². The zero-order chi connectivity index (χ0) is 21.5. The van der Waals surface area contributed by atoms with Gasteiger partial charge in [-0.3, -0.25) is 5.10 Å². The van der Waals surface area contributed by atoms with Gasteiger partial charge >= 0.3 is 6.03 Å².